The SMILES string of the molecule is CCCN(CC(=O)N(CCc1ccccc1)Cc1ccco1)C(=O)c1ccco1. The van der Waals surface area contributed by atoms with Gasteiger partial charge in [0.25, 0.3) is 5.91 Å². The summed E-state index contributed by atoms with van der Waals surface area (Å²) in [7, 11) is 0. The molecular formula is C23H26N2O4. The summed E-state index contributed by atoms with van der Waals surface area (Å²) in [6.45, 7) is 3.37. The van der Waals surface area contributed by atoms with Crippen molar-refractivity contribution in [1.29, 1.82) is 0 Å². The van der Waals surface area contributed by atoms with Crippen molar-refractivity contribution in [2.75, 3.05) is 19.6 Å². The zero-order valence-corrected chi connectivity index (χ0v) is 16.6. The Balaban J connectivity index is 1.70. The summed E-state index contributed by atoms with van der Waals surface area (Å²) in [5, 5.41) is 0. The molecule has 0 aliphatic heterocycles. The Morgan fingerprint density at radius 2 is 1.62 bits per heavy atom. The van der Waals surface area contributed by atoms with Gasteiger partial charge in [0.05, 0.1) is 19.1 Å². The molecule has 0 aliphatic carbocycles. The summed E-state index contributed by atoms with van der Waals surface area (Å²) >= 11 is 0. The molecule has 6 nitrogen and oxygen atoms in total. The first-order valence-electron chi connectivity index (χ1n) is 9.84. The van der Waals surface area contributed by atoms with E-state index in [4.69, 9.17) is 8.83 Å². The molecule has 0 fully saturated rings. The standard InChI is InChI=1S/C23H26N2O4/c1-2-13-25(23(27)21-11-7-16-29-21)18-22(26)24(17-20-10-6-15-28-20)14-12-19-8-4-3-5-9-19/h3-11,15-16H,2,12-14,17-18H2,1H3. The molecule has 0 N–H and O–H groups in total. The number of carbonyl (C=O) groups is 2. The van der Waals surface area contributed by atoms with Crippen molar-refractivity contribution < 1.29 is 18.4 Å². The second-order valence-corrected chi connectivity index (χ2v) is 6.83. The van der Waals surface area contributed by atoms with Crippen LogP contribution in [0.15, 0.2) is 76.0 Å². The van der Waals surface area contributed by atoms with E-state index in [1.165, 1.54) is 6.26 Å². The molecule has 1 aromatic carbocycles. The topological polar surface area (TPSA) is 66.9 Å². The molecule has 0 atom stereocenters. The first-order valence-corrected chi connectivity index (χ1v) is 9.84. The minimum absolute atomic E-state index is 0.00285. The molecule has 3 aromatic rings. The number of rotatable bonds is 10. The molecule has 2 aromatic heterocycles. The van der Waals surface area contributed by atoms with Crippen molar-refractivity contribution in [3.05, 3.63) is 84.2 Å². The molecular weight excluding hydrogens is 368 g/mol. The monoisotopic (exact) mass is 394 g/mol. The molecule has 29 heavy (non-hydrogen) atoms. The van der Waals surface area contributed by atoms with E-state index in [2.05, 4.69) is 0 Å². The van der Waals surface area contributed by atoms with E-state index in [1.54, 1.807) is 34.3 Å². The maximum atomic E-state index is 13.1. The van der Waals surface area contributed by atoms with Gasteiger partial charge in [0.1, 0.15) is 12.3 Å². The second kappa shape index (κ2) is 10.3. The molecule has 0 saturated carbocycles. The highest BCUT2D eigenvalue weighted by atomic mass is 16.3. The number of carbonyl (C=O) groups excluding carboxylic acids is 2. The highest BCUT2D eigenvalue weighted by molar-refractivity contribution is 5.94. The Bertz CT molecular complexity index is 873. The van der Waals surface area contributed by atoms with Crippen LogP contribution in [0.1, 0.15) is 35.2 Å². The van der Waals surface area contributed by atoms with Gasteiger partial charge in [-0.1, -0.05) is 37.3 Å². The molecule has 0 bridgehead atoms. The van der Waals surface area contributed by atoms with Crippen molar-refractivity contribution in [2.24, 2.45) is 0 Å². The van der Waals surface area contributed by atoms with Crippen LogP contribution < -0.4 is 0 Å². The molecule has 0 radical (unpaired) electrons. The Hall–Kier alpha value is -3.28. The Labute approximate surface area is 170 Å². The van der Waals surface area contributed by atoms with Gasteiger partial charge in [-0.15, -0.1) is 0 Å². The molecule has 0 spiro atoms. The summed E-state index contributed by atoms with van der Waals surface area (Å²) in [6.07, 6.45) is 4.54. The van der Waals surface area contributed by atoms with Gasteiger partial charge in [0, 0.05) is 13.1 Å². The van der Waals surface area contributed by atoms with Gasteiger partial charge in [0.15, 0.2) is 5.76 Å². The summed E-state index contributed by atoms with van der Waals surface area (Å²) in [5.74, 6) is 0.566. The van der Waals surface area contributed by atoms with Crippen LogP contribution in [0.4, 0.5) is 0 Å². The van der Waals surface area contributed by atoms with Gasteiger partial charge in [-0.2, -0.15) is 0 Å². The second-order valence-electron chi connectivity index (χ2n) is 6.83. The zero-order chi connectivity index (χ0) is 20.5. The van der Waals surface area contributed by atoms with Crippen molar-refractivity contribution >= 4 is 11.8 Å². The summed E-state index contributed by atoms with van der Waals surface area (Å²) < 4.78 is 10.7. The predicted molar refractivity (Wildman–Crippen MR) is 109 cm³/mol. The van der Waals surface area contributed by atoms with Gasteiger partial charge in [0.2, 0.25) is 5.91 Å². The number of amides is 2. The minimum Gasteiger partial charge on any atom is -0.467 e. The van der Waals surface area contributed by atoms with Gasteiger partial charge >= 0.3 is 0 Å². The largest absolute Gasteiger partial charge is 0.467 e. The lowest BCUT2D eigenvalue weighted by Gasteiger charge is -2.26. The molecule has 0 aliphatic rings. The molecule has 2 heterocycles. The molecule has 152 valence electrons. The third-order valence-electron chi connectivity index (χ3n) is 4.63. The molecule has 0 saturated heterocycles. The first kappa shape index (κ1) is 20.5. The molecule has 3 rings (SSSR count). The van der Waals surface area contributed by atoms with Crippen LogP contribution in [-0.4, -0.2) is 41.2 Å². The van der Waals surface area contributed by atoms with Crippen LogP contribution in [0, 0.1) is 0 Å². The normalized spacial score (nSPS) is 10.7. The van der Waals surface area contributed by atoms with Crippen LogP contribution in [-0.2, 0) is 17.8 Å². The van der Waals surface area contributed by atoms with Crippen molar-refractivity contribution in [3.63, 3.8) is 0 Å². The van der Waals surface area contributed by atoms with Crippen molar-refractivity contribution in [1.82, 2.24) is 9.80 Å². The van der Waals surface area contributed by atoms with Gasteiger partial charge in [-0.05, 0) is 42.7 Å². The van der Waals surface area contributed by atoms with Crippen LogP contribution in [0.25, 0.3) is 0 Å². The van der Waals surface area contributed by atoms with E-state index in [1.807, 2.05) is 43.3 Å². The number of nitrogens with zero attached hydrogens (tertiary/aromatic N) is 2. The Morgan fingerprint density at radius 1 is 0.862 bits per heavy atom. The van der Waals surface area contributed by atoms with Crippen LogP contribution in [0.2, 0.25) is 0 Å². The molecule has 2 amide bonds. The highest BCUT2D eigenvalue weighted by Gasteiger charge is 2.24. The fourth-order valence-electron chi connectivity index (χ4n) is 3.13. The van der Waals surface area contributed by atoms with E-state index < -0.39 is 0 Å². The van der Waals surface area contributed by atoms with Crippen molar-refractivity contribution in [3.8, 4) is 0 Å². The van der Waals surface area contributed by atoms with Gasteiger partial charge in [-0.3, -0.25) is 9.59 Å². The number of benzene rings is 1. The highest BCUT2D eigenvalue weighted by Crippen LogP contribution is 2.11. The lowest BCUT2D eigenvalue weighted by Crippen LogP contribution is -2.43. The number of hydrogen-bond donors (Lipinski definition) is 0. The smallest absolute Gasteiger partial charge is 0.290 e. The molecule has 6 heteroatoms. The van der Waals surface area contributed by atoms with Crippen LogP contribution in [0.3, 0.4) is 0 Å². The summed E-state index contributed by atoms with van der Waals surface area (Å²) in [6, 6.07) is 17.0. The fourth-order valence-corrected chi connectivity index (χ4v) is 3.13. The van der Waals surface area contributed by atoms with E-state index in [0.717, 1.165) is 18.4 Å². The quantitative estimate of drug-likeness (QED) is 0.521. The average Bonchev–Trinajstić information content (AvgIpc) is 3.45. The van der Waals surface area contributed by atoms with E-state index in [-0.39, 0.29) is 24.1 Å². The Kier molecular flexibility index (Phi) is 7.28. The van der Waals surface area contributed by atoms with E-state index >= 15 is 0 Å². The third-order valence-corrected chi connectivity index (χ3v) is 4.63. The summed E-state index contributed by atoms with van der Waals surface area (Å²) in [4.78, 5) is 29.1. The Morgan fingerprint density at radius 3 is 2.28 bits per heavy atom. The fraction of sp³-hybridized carbons (Fsp3) is 0.304. The lowest BCUT2D eigenvalue weighted by atomic mass is 10.1. The lowest BCUT2D eigenvalue weighted by molar-refractivity contribution is -0.132. The predicted octanol–water partition coefficient (Wildman–Crippen LogP) is 4.00. The average molecular weight is 394 g/mol. The minimum atomic E-state index is -0.272. The maximum absolute atomic E-state index is 13.1. The van der Waals surface area contributed by atoms with E-state index in [9.17, 15) is 9.59 Å². The zero-order valence-electron chi connectivity index (χ0n) is 16.6. The summed E-state index contributed by atoms with van der Waals surface area (Å²) in [5.41, 5.74) is 1.15. The van der Waals surface area contributed by atoms with Crippen LogP contribution >= 0.6 is 0 Å². The van der Waals surface area contributed by atoms with E-state index in [0.29, 0.717) is 25.4 Å². The van der Waals surface area contributed by atoms with Crippen molar-refractivity contribution in [2.45, 2.75) is 26.3 Å². The van der Waals surface area contributed by atoms with Gasteiger partial charge in [-0.25, -0.2) is 0 Å². The first-order chi connectivity index (χ1) is 14.2. The third kappa shape index (κ3) is 5.85. The maximum Gasteiger partial charge on any atom is 0.290 e. The van der Waals surface area contributed by atoms with Gasteiger partial charge < -0.3 is 18.6 Å². The molecule has 0 unspecified atom stereocenters. The van der Waals surface area contributed by atoms with Crippen LogP contribution in [0.5, 0.6) is 0 Å². The number of furan rings is 2. The number of hydrogen-bond acceptors (Lipinski definition) is 4.